The number of nitrogens with one attached hydrogen (secondary N) is 2. The Labute approximate surface area is 180 Å². The van der Waals surface area contributed by atoms with E-state index in [1.54, 1.807) is 18.2 Å². The Morgan fingerprint density at radius 3 is 2.61 bits per heavy atom. The molecule has 0 atom stereocenters. The van der Waals surface area contributed by atoms with Crippen LogP contribution in [0, 0.1) is 6.92 Å². The summed E-state index contributed by atoms with van der Waals surface area (Å²) in [6, 6.07) is 14.5. The molecule has 0 saturated carbocycles. The van der Waals surface area contributed by atoms with Gasteiger partial charge in [0.25, 0.3) is 5.91 Å². The SMILES string of the molecule is Cc1sc(CNC(=O)CNC(=O)c2cccc(Br)c2)nc1-c1ccc(Cl)cc1. The summed E-state index contributed by atoms with van der Waals surface area (Å²) in [5.41, 5.74) is 2.36. The summed E-state index contributed by atoms with van der Waals surface area (Å²) in [5.74, 6) is -0.573. The quantitative estimate of drug-likeness (QED) is 0.545. The normalized spacial score (nSPS) is 10.5. The molecule has 0 aliphatic rings. The highest BCUT2D eigenvalue weighted by atomic mass is 79.9. The van der Waals surface area contributed by atoms with Crippen LogP contribution in [0.5, 0.6) is 0 Å². The highest BCUT2D eigenvalue weighted by Gasteiger charge is 2.12. The summed E-state index contributed by atoms with van der Waals surface area (Å²) in [6.45, 7) is 2.20. The molecular weight excluding hydrogens is 462 g/mol. The topological polar surface area (TPSA) is 71.1 Å². The second-order valence-corrected chi connectivity index (χ2v) is 8.63. The minimum atomic E-state index is -0.299. The van der Waals surface area contributed by atoms with Gasteiger partial charge in [-0.25, -0.2) is 4.98 Å². The fourth-order valence-electron chi connectivity index (χ4n) is 2.53. The summed E-state index contributed by atoms with van der Waals surface area (Å²) in [5, 5.41) is 6.87. The number of halogens is 2. The van der Waals surface area contributed by atoms with E-state index < -0.39 is 0 Å². The molecule has 3 aromatic rings. The molecule has 2 amide bonds. The number of hydrogen-bond acceptors (Lipinski definition) is 4. The number of aromatic nitrogens is 1. The highest BCUT2D eigenvalue weighted by molar-refractivity contribution is 9.10. The van der Waals surface area contributed by atoms with E-state index in [9.17, 15) is 9.59 Å². The van der Waals surface area contributed by atoms with E-state index in [-0.39, 0.29) is 18.4 Å². The average Bonchev–Trinajstić information content (AvgIpc) is 3.05. The van der Waals surface area contributed by atoms with Gasteiger partial charge in [-0.3, -0.25) is 9.59 Å². The van der Waals surface area contributed by atoms with Gasteiger partial charge in [0, 0.05) is 25.5 Å². The summed E-state index contributed by atoms with van der Waals surface area (Å²) in [6.07, 6.45) is 0. The van der Waals surface area contributed by atoms with Crippen molar-refractivity contribution in [1.29, 1.82) is 0 Å². The molecule has 0 unspecified atom stereocenters. The molecule has 0 radical (unpaired) electrons. The van der Waals surface area contributed by atoms with E-state index in [0.29, 0.717) is 17.1 Å². The van der Waals surface area contributed by atoms with Gasteiger partial charge in [-0.1, -0.05) is 45.7 Å². The summed E-state index contributed by atoms with van der Waals surface area (Å²) in [4.78, 5) is 29.8. The van der Waals surface area contributed by atoms with Gasteiger partial charge in [-0.2, -0.15) is 0 Å². The fraction of sp³-hybridized carbons (Fsp3) is 0.150. The third-order valence-electron chi connectivity index (χ3n) is 3.89. The molecule has 0 aliphatic heterocycles. The molecule has 1 aromatic heterocycles. The van der Waals surface area contributed by atoms with E-state index in [2.05, 4.69) is 31.5 Å². The maximum Gasteiger partial charge on any atom is 0.251 e. The van der Waals surface area contributed by atoms with Crippen LogP contribution in [0.2, 0.25) is 5.02 Å². The predicted molar refractivity (Wildman–Crippen MR) is 116 cm³/mol. The number of aryl methyl sites for hydroxylation is 1. The second-order valence-electron chi connectivity index (χ2n) is 5.99. The first-order valence-corrected chi connectivity index (χ1v) is 10.4. The Morgan fingerprint density at radius 2 is 1.89 bits per heavy atom. The number of hydrogen-bond donors (Lipinski definition) is 2. The van der Waals surface area contributed by atoms with Gasteiger partial charge in [-0.15, -0.1) is 11.3 Å². The van der Waals surface area contributed by atoms with Gasteiger partial charge in [0.15, 0.2) is 0 Å². The van der Waals surface area contributed by atoms with Crippen LogP contribution in [0.4, 0.5) is 0 Å². The van der Waals surface area contributed by atoms with Crippen molar-refractivity contribution in [2.45, 2.75) is 13.5 Å². The standard InChI is InChI=1S/C20H17BrClN3O2S/c1-12-19(13-5-7-16(22)8-6-13)25-18(28-12)11-23-17(26)10-24-20(27)14-3-2-4-15(21)9-14/h2-9H,10-11H2,1H3,(H,23,26)(H,24,27). The van der Waals surface area contributed by atoms with Crippen molar-refractivity contribution in [1.82, 2.24) is 15.6 Å². The van der Waals surface area contributed by atoms with Gasteiger partial charge >= 0.3 is 0 Å². The van der Waals surface area contributed by atoms with Gasteiger partial charge in [0.2, 0.25) is 5.91 Å². The predicted octanol–water partition coefficient (Wildman–Crippen LogP) is 4.58. The molecule has 2 aromatic carbocycles. The van der Waals surface area contributed by atoms with E-state index in [1.165, 1.54) is 11.3 Å². The molecule has 0 saturated heterocycles. The van der Waals surface area contributed by atoms with E-state index in [0.717, 1.165) is 25.6 Å². The number of benzene rings is 2. The lowest BCUT2D eigenvalue weighted by Gasteiger charge is -2.06. The Kier molecular flexibility index (Phi) is 6.83. The second kappa shape index (κ2) is 9.32. The summed E-state index contributed by atoms with van der Waals surface area (Å²) < 4.78 is 0.806. The van der Waals surface area contributed by atoms with Crippen molar-refractivity contribution in [3.8, 4) is 11.3 Å². The van der Waals surface area contributed by atoms with E-state index >= 15 is 0 Å². The van der Waals surface area contributed by atoms with Gasteiger partial charge in [0.1, 0.15) is 5.01 Å². The number of thiazole rings is 1. The minimum absolute atomic E-state index is 0.0975. The van der Waals surface area contributed by atoms with Crippen LogP contribution in [0.3, 0.4) is 0 Å². The number of amides is 2. The molecule has 5 nitrogen and oxygen atoms in total. The summed E-state index contributed by atoms with van der Waals surface area (Å²) in [7, 11) is 0. The van der Waals surface area contributed by atoms with Gasteiger partial charge in [-0.05, 0) is 37.3 Å². The Bertz CT molecular complexity index is 1000. The van der Waals surface area contributed by atoms with Crippen molar-refractivity contribution in [2.24, 2.45) is 0 Å². The molecular formula is C20H17BrClN3O2S. The minimum Gasteiger partial charge on any atom is -0.348 e. The van der Waals surface area contributed by atoms with Gasteiger partial charge in [0.05, 0.1) is 18.8 Å². The molecule has 0 fully saturated rings. The lowest BCUT2D eigenvalue weighted by molar-refractivity contribution is -0.120. The van der Waals surface area contributed by atoms with Gasteiger partial charge < -0.3 is 10.6 Å². The smallest absolute Gasteiger partial charge is 0.251 e. The highest BCUT2D eigenvalue weighted by Crippen LogP contribution is 2.28. The van der Waals surface area contributed by atoms with Crippen LogP contribution in [-0.2, 0) is 11.3 Å². The fourth-order valence-corrected chi connectivity index (χ4v) is 3.95. The van der Waals surface area contributed by atoms with Crippen molar-refractivity contribution in [3.05, 3.63) is 73.5 Å². The van der Waals surface area contributed by atoms with Crippen LogP contribution in [-0.4, -0.2) is 23.3 Å². The molecule has 0 bridgehead atoms. The number of carbonyl (C=O) groups is 2. The third-order valence-corrected chi connectivity index (χ3v) is 5.61. The summed E-state index contributed by atoms with van der Waals surface area (Å²) >= 11 is 10.8. The molecule has 1 heterocycles. The molecule has 8 heteroatoms. The molecule has 28 heavy (non-hydrogen) atoms. The van der Waals surface area contributed by atoms with E-state index in [4.69, 9.17) is 11.6 Å². The first-order chi connectivity index (χ1) is 13.4. The monoisotopic (exact) mass is 477 g/mol. The Hall–Kier alpha value is -2.22. The largest absolute Gasteiger partial charge is 0.348 e. The lowest BCUT2D eigenvalue weighted by Crippen LogP contribution is -2.36. The number of rotatable bonds is 6. The third kappa shape index (κ3) is 5.41. The van der Waals surface area contributed by atoms with Crippen molar-refractivity contribution < 1.29 is 9.59 Å². The number of nitrogens with zero attached hydrogens (tertiary/aromatic N) is 1. The molecule has 0 aliphatic carbocycles. The van der Waals surface area contributed by atoms with Crippen molar-refractivity contribution >= 4 is 50.7 Å². The van der Waals surface area contributed by atoms with Crippen LogP contribution in [0.25, 0.3) is 11.3 Å². The zero-order valence-electron chi connectivity index (χ0n) is 15.0. The maximum absolute atomic E-state index is 12.1. The van der Waals surface area contributed by atoms with Crippen LogP contribution in [0.1, 0.15) is 20.2 Å². The van der Waals surface area contributed by atoms with Crippen LogP contribution < -0.4 is 10.6 Å². The first kappa shape index (κ1) is 20.5. The zero-order chi connectivity index (χ0) is 20.1. The average molecular weight is 479 g/mol. The van der Waals surface area contributed by atoms with Crippen molar-refractivity contribution in [2.75, 3.05) is 6.54 Å². The molecule has 0 spiro atoms. The lowest BCUT2D eigenvalue weighted by atomic mass is 10.1. The Balaban J connectivity index is 1.53. The van der Waals surface area contributed by atoms with Crippen LogP contribution in [0.15, 0.2) is 53.0 Å². The molecule has 2 N–H and O–H groups in total. The van der Waals surface area contributed by atoms with Crippen LogP contribution >= 0.6 is 38.9 Å². The molecule has 144 valence electrons. The maximum atomic E-state index is 12.1. The first-order valence-electron chi connectivity index (χ1n) is 8.45. The van der Waals surface area contributed by atoms with E-state index in [1.807, 2.05) is 37.3 Å². The Morgan fingerprint density at radius 1 is 1.14 bits per heavy atom. The number of carbonyl (C=O) groups excluding carboxylic acids is 2. The zero-order valence-corrected chi connectivity index (χ0v) is 18.1. The molecule has 3 rings (SSSR count). The van der Waals surface area contributed by atoms with Crippen molar-refractivity contribution in [3.63, 3.8) is 0 Å².